The van der Waals surface area contributed by atoms with E-state index in [0.29, 0.717) is 6.54 Å². The highest BCUT2D eigenvalue weighted by Gasteiger charge is 2.23. The molecular weight excluding hydrogens is 312 g/mol. The molecule has 1 aliphatic rings. The maximum absolute atomic E-state index is 12.7. The average molecular weight is 340 g/mol. The Morgan fingerprint density at radius 1 is 1.32 bits per heavy atom. The minimum atomic E-state index is -0.270. The topological polar surface area (TPSA) is 61.0 Å². The van der Waals surface area contributed by atoms with E-state index in [9.17, 15) is 4.79 Å². The first-order valence-electron chi connectivity index (χ1n) is 9.12. The van der Waals surface area contributed by atoms with Crippen molar-refractivity contribution in [1.82, 2.24) is 20.4 Å². The van der Waals surface area contributed by atoms with E-state index in [2.05, 4.69) is 34.6 Å². The van der Waals surface area contributed by atoms with Gasteiger partial charge in [-0.1, -0.05) is 29.8 Å². The van der Waals surface area contributed by atoms with Crippen LogP contribution in [0, 0.1) is 6.92 Å². The van der Waals surface area contributed by atoms with Crippen molar-refractivity contribution in [3.05, 3.63) is 52.3 Å². The molecule has 0 aliphatic heterocycles. The van der Waals surface area contributed by atoms with Crippen molar-refractivity contribution < 1.29 is 4.79 Å². The van der Waals surface area contributed by atoms with Crippen LogP contribution in [0.1, 0.15) is 47.0 Å². The SMILES string of the molecule is Cc1cccc([C@H](C(=O)NCCc2n[nH]c3c2CCCC3)N(C)C)c1. The van der Waals surface area contributed by atoms with E-state index in [4.69, 9.17) is 0 Å². The summed E-state index contributed by atoms with van der Waals surface area (Å²) in [7, 11) is 3.88. The lowest BCUT2D eigenvalue weighted by atomic mass is 9.95. The van der Waals surface area contributed by atoms with Crippen LogP contribution >= 0.6 is 0 Å². The molecule has 134 valence electrons. The smallest absolute Gasteiger partial charge is 0.241 e. The largest absolute Gasteiger partial charge is 0.354 e. The quantitative estimate of drug-likeness (QED) is 0.849. The van der Waals surface area contributed by atoms with Crippen LogP contribution in [0.25, 0.3) is 0 Å². The molecule has 0 saturated heterocycles. The summed E-state index contributed by atoms with van der Waals surface area (Å²) >= 11 is 0. The Kier molecular flexibility index (Phi) is 5.53. The zero-order valence-corrected chi connectivity index (χ0v) is 15.4. The number of nitrogens with zero attached hydrogens (tertiary/aromatic N) is 2. The molecule has 5 nitrogen and oxygen atoms in total. The zero-order chi connectivity index (χ0) is 17.8. The molecule has 1 aromatic heterocycles. The Bertz CT molecular complexity index is 735. The molecule has 2 aromatic rings. The van der Waals surface area contributed by atoms with Gasteiger partial charge in [0.05, 0.1) is 5.69 Å². The van der Waals surface area contributed by atoms with Gasteiger partial charge in [-0.15, -0.1) is 0 Å². The van der Waals surface area contributed by atoms with Gasteiger partial charge >= 0.3 is 0 Å². The van der Waals surface area contributed by atoms with Gasteiger partial charge in [0, 0.05) is 18.7 Å². The second kappa shape index (κ2) is 7.83. The predicted octanol–water partition coefficient (Wildman–Crippen LogP) is 2.56. The summed E-state index contributed by atoms with van der Waals surface area (Å²) in [6, 6.07) is 7.88. The number of rotatable bonds is 6. The molecular formula is C20H28N4O. The molecule has 0 radical (unpaired) electrons. The van der Waals surface area contributed by atoms with Crippen molar-refractivity contribution in [2.75, 3.05) is 20.6 Å². The van der Waals surface area contributed by atoms with Crippen LogP contribution in [0.2, 0.25) is 0 Å². The fourth-order valence-corrected chi connectivity index (χ4v) is 3.68. The summed E-state index contributed by atoms with van der Waals surface area (Å²) in [6.45, 7) is 2.67. The maximum Gasteiger partial charge on any atom is 0.241 e. The number of aromatic nitrogens is 2. The Labute approximate surface area is 149 Å². The number of hydrogen-bond donors (Lipinski definition) is 2. The lowest BCUT2D eigenvalue weighted by molar-refractivity contribution is -0.125. The predicted molar refractivity (Wildman–Crippen MR) is 99.6 cm³/mol. The van der Waals surface area contributed by atoms with Gasteiger partial charge in [0.2, 0.25) is 5.91 Å². The van der Waals surface area contributed by atoms with E-state index in [-0.39, 0.29) is 11.9 Å². The third-order valence-corrected chi connectivity index (χ3v) is 4.93. The molecule has 0 fully saturated rings. The van der Waals surface area contributed by atoms with E-state index < -0.39 is 0 Å². The summed E-state index contributed by atoms with van der Waals surface area (Å²) in [5.74, 6) is 0.0417. The molecule has 1 amide bonds. The van der Waals surface area contributed by atoms with Crippen molar-refractivity contribution in [2.45, 2.75) is 45.1 Å². The fourth-order valence-electron chi connectivity index (χ4n) is 3.68. The first-order chi connectivity index (χ1) is 12.1. The third-order valence-electron chi connectivity index (χ3n) is 4.93. The molecule has 0 unspecified atom stereocenters. The number of amides is 1. The number of carbonyl (C=O) groups excluding carboxylic acids is 1. The summed E-state index contributed by atoms with van der Waals surface area (Å²) < 4.78 is 0. The Balaban J connectivity index is 1.61. The second-order valence-corrected chi connectivity index (χ2v) is 7.16. The average Bonchev–Trinajstić information content (AvgIpc) is 2.98. The van der Waals surface area contributed by atoms with Gasteiger partial charge in [-0.3, -0.25) is 14.8 Å². The van der Waals surface area contributed by atoms with Crippen molar-refractivity contribution in [3.8, 4) is 0 Å². The summed E-state index contributed by atoms with van der Waals surface area (Å²) in [6.07, 6.45) is 5.48. The van der Waals surface area contributed by atoms with Gasteiger partial charge in [0.25, 0.3) is 0 Å². The molecule has 2 N–H and O–H groups in total. The van der Waals surface area contributed by atoms with Gasteiger partial charge in [-0.05, 0) is 57.8 Å². The molecule has 25 heavy (non-hydrogen) atoms. The minimum Gasteiger partial charge on any atom is -0.354 e. The Hall–Kier alpha value is -2.14. The van der Waals surface area contributed by atoms with Crippen LogP contribution in [-0.2, 0) is 24.1 Å². The second-order valence-electron chi connectivity index (χ2n) is 7.16. The summed E-state index contributed by atoms with van der Waals surface area (Å²) in [4.78, 5) is 14.7. The van der Waals surface area contributed by atoms with Gasteiger partial charge in [0.1, 0.15) is 6.04 Å². The highest BCUT2D eigenvalue weighted by molar-refractivity contribution is 5.83. The van der Waals surface area contributed by atoms with Crippen LogP contribution < -0.4 is 5.32 Å². The molecule has 0 saturated carbocycles. The number of H-pyrrole nitrogens is 1. The Morgan fingerprint density at radius 2 is 2.12 bits per heavy atom. The van der Waals surface area contributed by atoms with Gasteiger partial charge in [0.15, 0.2) is 0 Å². The molecule has 1 heterocycles. The van der Waals surface area contributed by atoms with Gasteiger partial charge in [-0.25, -0.2) is 0 Å². The van der Waals surface area contributed by atoms with Crippen LogP contribution in [0.4, 0.5) is 0 Å². The summed E-state index contributed by atoms with van der Waals surface area (Å²) in [5, 5.41) is 10.7. The van der Waals surface area contributed by atoms with E-state index in [0.717, 1.165) is 30.5 Å². The number of aromatic amines is 1. The highest BCUT2D eigenvalue weighted by atomic mass is 16.2. The number of fused-ring (bicyclic) bond motifs is 1. The Morgan fingerprint density at radius 3 is 2.88 bits per heavy atom. The lowest BCUT2D eigenvalue weighted by Gasteiger charge is -2.24. The molecule has 1 aromatic carbocycles. The van der Waals surface area contributed by atoms with Crippen LogP contribution in [-0.4, -0.2) is 41.6 Å². The minimum absolute atomic E-state index is 0.0417. The molecule has 3 rings (SSSR count). The molecule has 1 aliphatic carbocycles. The lowest BCUT2D eigenvalue weighted by Crippen LogP contribution is -2.38. The number of nitrogens with one attached hydrogen (secondary N) is 2. The van der Waals surface area contributed by atoms with Crippen LogP contribution in [0.3, 0.4) is 0 Å². The molecule has 1 atom stereocenters. The number of benzene rings is 1. The van der Waals surface area contributed by atoms with E-state index >= 15 is 0 Å². The first-order valence-corrected chi connectivity index (χ1v) is 9.12. The van der Waals surface area contributed by atoms with Crippen molar-refractivity contribution in [1.29, 1.82) is 0 Å². The normalized spacial score (nSPS) is 15.0. The summed E-state index contributed by atoms with van der Waals surface area (Å²) in [5.41, 5.74) is 5.98. The standard InChI is InChI=1S/C20H28N4O/c1-14-7-6-8-15(13-14)19(24(2)3)20(25)21-12-11-18-16-9-4-5-10-17(16)22-23-18/h6-8,13,19H,4-5,9-12H2,1-3H3,(H,21,25)(H,22,23)/t19-/m1/s1. The monoisotopic (exact) mass is 340 g/mol. The molecule has 0 spiro atoms. The number of aryl methyl sites for hydroxylation is 2. The van der Waals surface area contributed by atoms with Crippen molar-refractivity contribution in [2.24, 2.45) is 0 Å². The van der Waals surface area contributed by atoms with E-state index in [1.807, 2.05) is 31.1 Å². The van der Waals surface area contributed by atoms with Gasteiger partial charge < -0.3 is 5.32 Å². The molecule has 5 heteroatoms. The number of carbonyl (C=O) groups is 1. The first kappa shape index (κ1) is 17.7. The highest BCUT2D eigenvalue weighted by Crippen LogP contribution is 2.22. The van der Waals surface area contributed by atoms with Crippen LogP contribution in [0.15, 0.2) is 24.3 Å². The molecule has 0 bridgehead atoms. The number of hydrogen-bond acceptors (Lipinski definition) is 3. The van der Waals surface area contributed by atoms with Gasteiger partial charge in [-0.2, -0.15) is 5.10 Å². The van der Waals surface area contributed by atoms with Crippen LogP contribution in [0.5, 0.6) is 0 Å². The zero-order valence-electron chi connectivity index (χ0n) is 15.4. The fraction of sp³-hybridized carbons (Fsp3) is 0.500. The van der Waals surface area contributed by atoms with E-state index in [1.54, 1.807) is 0 Å². The maximum atomic E-state index is 12.7. The van der Waals surface area contributed by atoms with E-state index in [1.165, 1.54) is 29.7 Å². The van der Waals surface area contributed by atoms with Crippen molar-refractivity contribution >= 4 is 5.91 Å². The van der Waals surface area contributed by atoms with Crippen molar-refractivity contribution in [3.63, 3.8) is 0 Å². The third kappa shape index (κ3) is 4.10. The number of likely N-dealkylation sites (N-methyl/N-ethyl adjacent to an activating group) is 1.